The van der Waals surface area contributed by atoms with Crippen molar-refractivity contribution in [2.24, 2.45) is 0 Å². The fourth-order valence-electron chi connectivity index (χ4n) is 2.45. The van der Waals surface area contributed by atoms with Gasteiger partial charge in [-0.1, -0.05) is 41.7 Å². The van der Waals surface area contributed by atoms with Gasteiger partial charge in [-0.2, -0.15) is 0 Å². The minimum atomic E-state index is -0.0277. The summed E-state index contributed by atoms with van der Waals surface area (Å²) in [4.78, 5) is 16.5. The maximum atomic E-state index is 12.1. The molecular formula is C19H20N2O2S. The zero-order valence-corrected chi connectivity index (χ0v) is 14.7. The van der Waals surface area contributed by atoms with E-state index < -0.39 is 0 Å². The molecule has 0 aliphatic carbocycles. The Morgan fingerprint density at radius 3 is 2.71 bits per heavy atom. The zero-order valence-electron chi connectivity index (χ0n) is 13.8. The predicted octanol–water partition coefficient (Wildman–Crippen LogP) is 4.71. The molecule has 1 N–H and O–H groups in total. The molecule has 0 saturated heterocycles. The van der Waals surface area contributed by atoms with Crippen LogP contribution in [-0.2, 0) is 4.79 Å². The van der Waals surface area contributed by atoms with E-state index in [0.717, 1.165) is 27.1 Å². The lowest BCUT2D eigenvalue weighted by Crippen LogP contribution is -2.12. The first-order valence-electron chi connectivity index (χ1n) is 7.98. The number of benzene rings is 2. The van der Waals surface area contributed by atoms with E-state index in [1.54, 1.807) is 0 Å². The fourth-order valence-corrected chi connectivity index (χ4v) is 3.41. The second-order valence-corrected chi connectivity index (χ2v) is 6.74. The fraction of sp³-hybridized carbons (Fsp3) is 0.263. The van der Waals surface area contributed by atoms with Gasteiger partial charge < -0.3 is 10.1 Å². The van der Waals surface area contributed by atoms with Crippen LogP contribution >= 0.6 is 11.3 Å². The molecule has 0 bridgehead atoms. The van der Waals surface area contributed by atoms with Crippen molar-refractivity contribution in [3.8, 4) is 5.75 Å². The summed E-state index contributed by atoms with van der Waals surface area (Å²) in [5, 5.41) is 3.54. The van der Waals surface area contributed by atoms with E-state index in [-0.39, 0.29) is 5.91 Å². The molecule has 1 aromatic heterocycles. The van der Waals surface area contributed by atoms with Crippen LogP contribution in [0, 0.1) is 13.8 Å². The monoisotopic (exact) mass is 340 g/mol. The van der Waals surface area contributed by atoms with Gasteiger partial charge in [0.25, 0.3) is 0 Å². The Bertz CT molecular complexity index is 857. The first-order chi connectivity index (χ1) is 11.6. The highest BCUT2D eigenvalue weighted by atomic mass is 32.1. The number of thiazole rings is 1. The van der Waals surface area contributed by atoms with Gasteiger partial charge in [0, 0.05) is 6.42 Å². The number of nitrogens with zero attached hydrogens (tertiary/aromatic N) is 1. The molecular weight excluding hydrogens is 320 g/mol. The number of rotatable bonds is 6. The molecule has 3 rings (SSSR count). The van der Waals surface area contributed by atoms with Crippen molar-refractivity contribution in [1.82, 2.24) is 4.98 Å². The summed E-state index contributed by atoms with van der Waals surface area (Å²) in [5.74, 6) is 0.847. The second-order valence-electron chi connectivity index (χ2n) is 5.71. The van der Waals surface area contributed by atoms with Gasteiger partial charge in [0.15, 0.2) is 5.13 Å². The maximum Gasteiger partial charge on any atom is 0.226 e. The summed E-state index contributed by atoms with van der Waals surface area (Å²) >= 11 is 1.50. The average molecular weight is 340 g/mol. The molecule has 2 aromatic carbocycles. The number of ether oxygens (including phenoxy) is 1. The molecule has 1 amide bonds. The smallest absolute Gasteiger partial charge is 0.226 e. The highest BCUT2D eigenvalue weighted by molar-refractivity contribution is 7.22. The molecule has 24 heavy (non-hydrogen) atoms. The lowest BCUT2D eigenvalue weighted by molar-refractivity contribution is -0.116. The quantitative estimate of drug-likeness (QED) is 0.661. The SMILES string of the molecule is Cc1ccccc1OCCCC(=O)Nc1nc2c(C)cccc2s1. The van der Waals surface area contributed by atoms with Crippen LogP contribution in [0.25, 0.3) is 10.2 Å². The van der Waals surface area contributed by atoms with Crippen LogP contribution in [0.1, 0.15) is 24.0 Å². The van der Waals surface area contributed by atoms with Crippen molar-refractivity contribution < 1.29 is 9.53 Å². The van der Waals surface area contributed by atoms with Gasteiger partial charge in [0.05, 0.1) is 16.8 Å². The summed E-state index contributed by atoms with van der Waals surface area (Å²) in [6, 6.07) is 13.9. The van der Waals surface area contributed by atoms with E-state index in [1.165, 1.54) is 11.3 Å². The summed E-state index contributed by atoms with van der Waals surface area (Å²) < 4.78 is 6.80. The summed E-state index contributed by atoms with van der Waals surface area (Å²) in [6.45, 7) is 4.56. The number of amides is 1. The Hall–Kier alpha value is -2.40. The van der Waals surface area contributed by atoms with Crippen LogP contribution in [0.2, 0.25) is 0 Å². The lowest BCUT2D eigenvalue weighted by Gasteiger charge is -2.08. The summed E-state index contributed by atoms with van der Waals surface area (Å²) in [7, 11) is 0. The normalized spacial score (nSPS) is 10.8. The Kier molecular flexibility index (Phi) is 5.11. The van der Waals surface area contributed by atoms with Gasteiger partial charge in [-0.3, -0.25) is 4.79 Å². The molecule has 0 aliphatic rings. The number of aryl methyl sites for hydroxylation is 2. The Morgan fingerprint density at radius 2 is 1.92 bits per heavy atom. The van der Waals surface area contributed by atoms with Crippen molar-refractivity contribution in [2.45, 2.75) is 26.7 Å². The molecule has 0 spiro atoms. The number of hydrogen-bond acceptors (Lipinski definition) is 4. The van der Waals surface area contributed by atoms with E-state index in [9.17, 15) is 4.79 Å². The third-order valence-electron chi connectivity index (χ3n) is 3.77. The topological polar surface area (TPSA) is 51.2 Å². The summed E-state index contributed by atoms with van der Waals surface area (Å²) in [6.07, 6.45) is 1.09. The van der Waals surface area contributed by atoms with Gasteiger partial charge >= 0.3 is 0 Å². The molecule has 124 valence electrons. The van der Waals surface area contributed by atoms with E-state index in [4.69, 9.17) is 4.74 Å². The standard InChI is InChI=1S/C19H20N2O2S/c1-13-7-3-4-9-15(13)23-12-6-11-17(22)20-19-21-18-14(2)8-5-10-16(18)24-19/h3-5,7-10H,6,11-12H2,1-2H3,(H,20,21,22). The highest BCUT2D eigenvalue weighted by Gasteiger charge is 2.09. The second kappa shape index (κ2) is 7.45. The molecule has 3 aromatic rings. The molecule has 0 unspecified atom stereocenters. The number of carbonyl (C=O) groups is 1. The number of carbonyl (C=O) groups excluding carboxylic acids is 1. The number of hydrogen-bond donors (Lipinski definition) is 1. The Morgan fingerprint density at radius 1 is 1.12 bits per heavy atom. The molecule has 0 saturated carbocycles. The van der Waals surface area contributed by atoms with Crippen LogP contribution in [0.15, 0.2) is 42.5 Å². The maximum absolute atomic E-state index is 12.1. The van der Waals surface area contributed by atoms with Gasteiger partial charge in [-0.15, -0.1) is 0 Å². The van der Waals surface area contributed by atoms with Crippen molar-refractivity contribution in [3.63, 3.8) is 0 Å². The van der Waals surface area contributed by atoms with E-state index in [0.29, 0.717) is 24.6 Å². The van der Waals surface area contributed by atoms with Gasteiger partial charge in [-0.05, 0) is 43.5 Å². The largest absolute Gasteiger partial charge is 0.493 e. The van der Waals surface area contributed by atoms with Crippen molar-refractivity contribution in [1.29, 1.82) is 0 Å². The van der Waals surface area contributed by atoms with Gasteiger partial charge in [-0.25, -0.2) is 4.98 Å². The van der Waals surface area contributed by atoms with Gasteiger partial charge in [0.1, 0.15) is 5.75 Å². The van der Waals surface area contributed by atoms with Crippen molar-refractivity contribution in [3.05, 3.63) is 53.6 Å². The number of nitrogens with one attached hydrogen (secondary N) is 1. The zero-order chi connectivity index (χ0) is 16.9. The third kappa shape index (κ3) is 3.92. The Balaban J connectivity index is 1.48. The average Bonchev–Trinajstić information content (AvgIpc) is 2.97. The number of aromatic nitrogens is 1. The van der Waals surface area contributed by atoms with Gasteiger partial charge in [0.2, 0.25) is 5.91 Å². The van der Waals surface area contributed by atoms with E-state index >= 15 is 0 Å². The first-order valence-corrected chi connectivity index (χ1v) is 8.79. The highest BCUT2D eigenvalue weighted by Crippen LogP contribution is 2.27. The number of anilines is 1. The minimum absolute atomic E-state index is 0.0277. The predicted molar refractivity (Wildman–Crippen MR) is 98.9 cm³/mol. The number of fused-ring (bicyclic) bond motifs is 1. The molecule has 0 fully saturated rings. The van der Waals surface area contributed by atoms with Crippen molar-refractivity contribution in [2.75, 3.05) is 11.9 Å². The van der Waals surface area contributed by atoms with Crippen LogP contribution in [0.3, 0.4) is 0 Å². The molecule has 0 atom stereocenters. The molecule has 5 heteroatoms. The summed E-state index contributed by atoms with van der Waals surface area (Å²) in [5.41, 5.74) is 3.18. The van der Waals surface area contributed by atoms with Crippen LogP contribution in [-0.4, -0.2) is 17.5 Å². The van der Waals surface area contributed by atoms with Crippen molar-refractivity contribution >= 4 is 32.6 Å². The van der Waals surface area contributed by atoms with Crippen LogP contribution in [0.4, 0.5) is 5.13 Å². The van der Waals surface area contributed by atoms with Crippen LogP contribution in [0.5, 0.6) is 5.75 Å². The number of para-hydroxylation sites is 2. The first kappa shape index (κ1) is 16.5. The third-order valence-corrected chi connectivity index (χ3v) is 4.70. The molecule has 0 radical (unpaired) electrons. The van der Waals surface area contributed by atoms with E-state index in [1.807, 2.05) is 56.3 Å². The lowest BCUT2D eigenvalue weighted by atomic mass is 10.2. The molecule has 1 heterocycles. The Labute approximate surface area is 145 Å². The van der Waals surface area contributed by atoms with Crippen LogP contribution < -0.4 is 10.1 Å². The molecule has 0 aliphatic heterocycles. The minimum Gasteiger partial charge on any atom is -0.493 e. The van der Waals surface area contributed by atoms with E-state index in [2.05, 4.69) is 10.3 Å². The molecule has 4 nitrogen and oxygen atoms in total.